The van der Waals surface area contributed by atoms with Gasteiger partial charge in [0.15, 0.2) is 5.78 Å². The van der Waals surface area contributed by atoms with Crippen molar-refractivity contribution in [2.24, 2.45) is 11.3 Å². The van der Waals surface area contributed by atoms with Crippen LogP contribution in [0.1, 0.15) is 47.1 Å². The van der Waals surface area contributed by atoms with Gasteiger partial charge in [-0.05, 0) is 48.9 Å². The Labute approximate surface area is 194 Å². The predicted molar refractivity (Wildman–Crippen MR) is 126 cm³/mol. The van der Waals surface area contributed by atoms with Crippen LogP contribution < -0.4 is 5.32 Å². The normalized spacial score (nSPS) is 14.5. The number of hydrogen-bond acceptors (Lipinski definition) is 5. The molecule has 0 aliphatic heterocycles. The SMILES string of the molecule is CC(=O)[C@@H](OC(C)C)[C@@H](Cc1ccc2ccccc2c1)C(=O)N[C@H](C(=O)C(=O)O)C(C)(C)C. The third-order valence-electron chi connectivity index (χ3n) is 5.42. The standard InChI is InChI=1S/C26H33NO6/c1-15(2)33-22(16(3)28)20(14-17-11-12-18-9-7-8-10-19(18)13-17)24(30)27-23(26(4,5)6)21(29)25(31)32/h7-13,15,20,22-23H,14H2,1-6H3,(H,27,30)(H,31,32)/t20-,22-,23-/m1/s1. The molecule has 7 heteroatoms. The minimum absolute atomic E-state index is 0.186. The summed E-state index contributed by atoms with van der Waals surface area (Å²) >= 11 is 0. The first kappa shape index (κ1) is 26.2. The average molecular weight is 456 g/mol. The van der Waals surface area contributed by atoms with E-state index in [-0.39, 0.29) is 18.3 Å². The number of ether oxygens (including phenoxy) is 1. The van der Waals surface area contributed by atoms with Gasteiger partial charge in [0.2, 0.25) is 5.91 Å². The lowest BCUT2D eigenvalue weighted by molar-refractivity contribution is -0.153. The third kappa shape index (κ3) is 6.96. The summed E-state index contributed by atoms with van der Waals surface area (Å²) in [5.41, 5.74) is -0.0205. The second-order valence-corrected chi connectivity index (χ2v) is 9.69. The summed E-state index contributed by atoms with van der Waals surface area (Å²) in [7, 11) is 0. The molecule has 3 atom stereocenters. The molecule has 0 heterocycles. The van der Waals surface area contributed by atoms with E-state index in [1.807, 2.05) is 42.5 Å². The predicted octanol–water partition coefficient (Wildman–Crippen LogP) is 3.57. The number of Topliss-reactive ketones (excluding diaryl/α,β-unsaturated/α-hetero) is 2. The first-order chi connectivity index (χ1) is 15.3. The molecule has 0 aromatic heterocycles. The molecule has 0 aliphatic rings. The molecule has 0 bridgehead atoms. The Hall–Kier alpha value is -3.06. The van der Waals surface area contributed by atoms with Crippen LogP contribution in [0, 0.1) is 11.3 Å². The Morgan fingerprint density at radius 3 is 2.12 bits per heavy atom. The molecule has 0 unspecified atom stereocenters. The van der Waals surface area contributed by atoms with Gasteiger partial charge in [-0.15, -0.1) is 0 Å². The van der Waals surface area contributed by atoms with Gasteiger partial charge in [0.05, 0.1) is 12.0 Å². The van der Waals surface area contributed by atoms with Crippen LogP contribution in [0.3, 0.4) is 0 Å². The summed E-state index contributed by atoms with van der Waals surface area (Å²) in [5, 5.41) is 13.9. The molecule has 0 radical (unpaired) electrons. The van der Waals surface area contributed by atoms with Crippen LogP contribution in [0.15, 0.2) is 42.5 Å². The molecule has 178 valence electrons. The number of carbonyl (C=O) groups is 4. The molecule has 2 aromatic carbocycles. The number of benzene rings is 2. The van der Waals surface area contributed by atoms with E-state index in [0.717, 1.165) is 16.3 Å². The highest BCUT2D eigenvalue weighted by Crippen LogP contribution is 2.25. The largest absolute Gasteiger partial charge is 0.475 e. The fourth-order valence-corrected chi connectivity index (χ4v) is 3.77. The number of rotatable bonds is 10. The molecule has 1 amide bonds. The Balaban J connectivity index is 2.45. The molecule has 0 spiro atoms. The van der Waals surface area contributed by atoms with Crippen molar-refractivity contribution in [3.63, 3.8) is 0 Å². The van der Waals surface area contributed by atoms with E-state index in [1.54, 1.807) is 34.6 Å². The number of hydrogen-bond donors (Lipinski definition) is 2. The maximum Gasteiger partial charge on any atom is 0.374 e. The molecule has 0 aliphatic carbocycles. The number of nitrogens with one attached hydrogen (secondary N) is 1. The van der Waals surface area contributed by atoms with Gasteiger partial charge in [-0.3, -0.25) is 14.4 Å². The summed E-state index contributed by atoms with van der Waals surface area (Å²) in [6.45, 7) is 9.91. The highest BCUT2D eigenvalue weighted by molar-refractivity contribution is 6.35. The molecule has 0 fully saturated rings. The summed E-state index contributed by atoms with van der Waals surface area (Å²) in [4.78, 5) is 49.6. The number of ketones is 2. The van der Waals surface area contributed by atoms with E-state index in [2.05, 4.69) is 5.32 Å². The molecule has 2 N–H and O–H groups in total. The Morgan fingerprint density at radius 1 is 1.00 bits per heavy atom. The Bertz CT molecular complexity index is 1040. The molecular formula is C26H33NO6. The van der Waals surface area contributed by atoms with Gasteiger partial charge in [0.25, 0.3) is 5.78 Å². The fourth-order valence-electron chi connectivity index (χ4n) is 3.77. The van der Waals surface area contributed by atoms with Crippen LogP contribution in [0.4, 0.5) is 0 Å². The maximum absolute atomic E-state index is 13.4. The number of fused-ring (bicyclic) bond motifs is 1. The summed E-state index contributed by atoms with van der Waals surface area (Å²) in [6.07, 6.45) is -1.17. The second-order valence-electron chi connectivity index (χ2n) is 9.69. The topological polar surface area (TPSA) is 110 Å². The van der Waals surface area contributed by atoms with Crippen molar-refractivity contribution in [2.75, 3.05) is 0 Å². The lowest BCUT2D eigenvalue weighted by atomic mass is 9.82. The number of carbonyl (C=O) groups excluding carboxylic acids is 3. The summed E-state index contributed by atoms with van der Waals surface area (Å²) in [6, 6.07) is 12.3. The number of amides is 1. The van der Waals surface area contributed by atoms with Crippen LogP contribution in [-0.4, -0.2) is 46.8 Å². The first-order valence-electron chi connectivity index (χ1n) is 11.0. The third-order valence-corrected chi connectivity index (χ3v) is 5.42. The average Bonchev–Trinajstić information content (AvgIpc) is 2.72. The lowest BCUT2D eigenvalue weighted by Gasteiger charge is -2.32. The highest BCUT2D eigenvalue weighted by atomic mass is 16.5. The van der Waals surface area contributed by atoms with Crippen molar-refractivity contribution in [1.29, 1.82) is 0 Å². The van der Waals surface area contributed by atoms with Crippen LogP contribution in [0.2, 0.25) is 0 Å². The van der Waals surface area contributed by atoms with Crippen molar-refractivity contribution in [3.8, 4) is 0 Å². The van der Waals surface area contributed by atoms with Crippen LogP contribution >= 0.6 is 0 Å². The molecule has 0 saturated heterocycles. The maximum atomic E-state index is 13.4. The number of carboxylic acids is 1. The number of carboxylic acid groups (broad SMARTS) is 1. The van der Waals surface area contributed by atoms with Crippen molar-refractivity contribution in [1.82, 2.24) is 5.32 Å². The van der Waals surface area contributed by atoms with Gasteiger partial charge in [0.1, 0.15) is 12.1 Å². The van der Waals surface area contributed by atoms with Gasteiger partial charge < -0.3 is 15.2 Å². The van der Waals surface area contributed by atoms with Crippen molar-refractivity contribution in [3.05, 3.63) is 48.0 Å². The van der Waals surface area contributed by atoms with E-state index in [4.69, 9.17) is 4.74 Å². The Kier molecular flexibility index (Phi) is 8.50. The first-order valence-corrected chi connectivity index (χ1v) is 11.0. The van der Waals surface area contributed by atoms with Gasteiger partial charge in [-0.1, -0.05) is 63.2 Å². The van der Waals surface area contributed by atoms with E-state index in [0.29, 0.717) is 0 Å². The molecule has 7 nitrogen and oxygen atoms in total. The minimum atomic E-state index is -1.62. The zero-order valence-corrected chi connectivity index (χ0v) is 20.0. The monoisotopic (exact) mass is 455 g/mol. The van der Waals surface area contributed by atoms with Crippen LogP contribution in [0.5, 0.6) is 0 Å². The molecule has 33 heavy (non-hydrogen) atoms. The smallest absolute Gasteiger partial charge is 0.374 e. The summed E-state index contributed by atoms with van der Waals surface area (Å²) in [5.74, 6) is -4.59. The molecule has 2 aromatic rings. The second kappa shape index (κ2) is 10.7. The zero-order chi connectivity index (χ0) is 24.9. The Morgan fingerprint density at radius 2 is 1.61 bits per heavy atom. The lowest BCUT2D eigenvalue weighted by Crippen LogP contribution is -2.55. The molecule has 0 saturated carbocycles. The zero-order valence-electron chi connectivity index (χ0n) is 20.0. The van der Waals surface area contributed by atoms with Gasteiger partial charge in [0, 0.05) is 0 Å². The summed E-state index contributed by atoms with van der Waals surface area (Å²) < 4.78 is 5.82. The van der Waals surface area contributed by atoms with E-state index >= 15 is 0 Å². The molecular weight excluding hydrogens is 422 g/mol. The van der Waals surface area contributed by atoms with E-state index < -0.39 is 41.1 Å². The van der Waals surface area contributed by atoms with Crippen molar-refractivity contribution in [2.45, 2.75) is 66.2 Å². The van der Waals surface area contributed by atoms with E-state index in [1.165, 1.54) is 6.92 Å². The van der Waals surface area contributed by atoms with Gasteiger partial charge in [-0.2, -0.15) is 0 Å². The quantitative estimate of drug-likeness (QED) is 0.530. The molecule has 2 rings (SSSR count). The fraction of sp³-hybridized carbons (Fsp3) is 0.462. The number of aliphatic carboxylic acids is 1. The van der Waals surface area contributed by atoms with Crippen LogP contribution in [-0.2, 0) is 30.3 Å². The van der Waals surface area contributed by atoms with Crippen LogP contribution in [0.25, 0.3) is 10.8 Å². The van der Waals surface area contributed by atoms with Crippen molar-refractivity contribution < 1.29 is 29.0 Å². The highest BCUT2D eigenvalue weighted by Gasteiger charge is 2.40. The van der Waals surface area contributed by atoms with Gasteiger partial charge in [-0.25, -0.2) is 4.79 Å². The minimum Gasteiger partial charge on any atom is -0.475 e. The van der Waals surface area contributed by atoms with Gasteiger partial charge >= 0.3 is 5.97 Å². The van der Waals surface area contributed by atoms with E-state index in [9.17, 15) is 24.3 Å². The van der Waals surface area contributed by atoms with Crippen molar-refractivity contribution >= 4 is 34.2 Å².